The van der Waals surface area contributed by atoms with Gasteiger partial charge >= 0.3 is 0 Å². The van der Waals surface area contributed by atoms with Crippen molar-refractivity contribution in [2.75, 3.05) is 17.4 Å². The van der Waals surface area contributed by atoms with Crippen molar-refractivity contribution in [1.82, 2.24) is 10.2 Å². The lowest BCUT2D eigenvalue weighted by Gasteiger charge is -2.34. The molecular formula is C35H37BrFN3O4S. The van der Waals surface area contributed by atoms with E-state index in [2.05, 4.69) is 21.2 Å². The van der Waals surface area contributed by atoms with Crippen LogP contribution in [0.1, 0.15) is 30.5 Å². The topological polar surface area (TPSA) is 86.8 Å². The van der Waals surface area contributed by atoms with E-state index in [1.807, 2.05) is 51.1 Å². The Morgan fingerprint density at radius 3 is 2.20 bits per heavy atom. The molecule has 45 heavy (non-hydrogen) atoms. The molecule has 0 aliphatic rings. The number of hydrogen-bond acceptors (Lipinski definition) is 4. The Labute approximate surface area is 273 Å². The van der Waals surface area contributed by atoms with Crippen LogP contribution in [0.25, 0.3) is 0 Å². The summed E-state index contributed by atoms with van der Waals surface area (Å²) in [4.78, 5) is 29.5. The molecule has 0 heterocycles. The number of amides is 2. The quantitative estimate of drug-likeness (QED) is 0.173. The second kappa shape index (κ2) is 15.3. The fourth-order valence-electron chi connectivity index (χ4n) is 4.78. The van der Waals surface area contributed by atoms with Crippen molar-refractivity contribution in [3.8, 4) is 0 Å². The van der Waals surface area contributed by atoms with Gasteiger partial charge < -0.3 is 10.2 Å². The van der Waals surface area contributed by atoms with E-state index in [1.54, 1.807) is 54.6 Å². The van der Waals surface area contributed by atoms with E-state index in [0.29, 0.717) is 11.0 Å². The predicted molar refractivity (Wildman–Crippen MR) is 179 cm³/mol. The van der Waals surface area contributed by atoms with Crippen LogP contribution in [0, 0.1) is 18.7 Å². The van der Waals surface area contributed by atoms with Crippen LogP contribution in [0.5, 0.6) is 0 Å². The number of hydrogen-bond donors (Lipinski definition) is 1. The minimum absolute atomic E-state index is 0.0111. The van der Waals surface area contributed by atoms with Crippen molar-refractivity contribution in [1.29, 1.82) is 0 Å². The highest BCUT2D eigenvalue weighted by atomic mass is 79.9. The molecule has 0 aliphatic heterocycles. The average Bonchev–Trinajstić information content (AvgIpc) is 3.01. The van der Waals surface area contributed by atoms with Crippen molar-refractivity contribution in [2.45, 2.75) is 44.7 Å². The van der Waals surface area contributed by atoms with Gasteiger partial charge in [0.25, 0.3) is 10.0 Å². The third kappa shape index (κ3) is 9.02. The molecule has 0 saturated heterocycles. The number of benzene rings is 4. The number of carbonyl (C=O) groups excluding carboxylic acids is 2. The van der Waals surface area contributed by atoms with Gasteiger partial charge in [0.2, 0.25) is 11.8 Å². The Balaban J connectivity index is 1.81. The summed E-state index contributed by atoms with van der Waals surface area (Å²) in [5.74, 6) is -1.46. The van der Waals surface area contributed by atoms with Crippen molar-refractivity contribution < 1.29 is 22.4 Å². The van der Waals surface area contributed by atoms with Gasteiger partial charge in [0.15, 0.2) is 0 Å². The molecule has 236 valence electrons. The second-order valence-corrected chi connectivity index (χ2v) is 14.0. The van der Waals surface area contributed by atoms with Gasteiger partial charge in [0.05, 0.1) is 10.6 Å². The van der Waals surface area contributed by atoms with Crippen LogP contribution in [0.3, 0.4) is 0 Å². The van der Waals surface area contributed by atoms with Crippen molar-refractivity contribution >= 4 is 43.5 Å². The Hall–Kier alpha value is -4.02. The highest BCUT2D eigenvalue weighted by Gasteiger charge is 2.35. The number of rotatable bonds is 13. The third-order valence-electron chi connectivity index (χ3n) is 7.24. The SMILES string of the molecule is Cc1ccc(S(=O)(=O)N(CC(=O)N(Cc2ccccc2F)[C@@H](Cc2ccccc2)C(=O)NCC(C)C)c2cccc(Br)c2)cc1. The maximum Gasteiger partial charge on any atom is 0.264 e. The first kappa shape index (κ1) is 33.9. The Morgan fingerprint density at radius 2 is 1.56 bits per heavy atom. The zero-order chi connectivity index (χ0) is 32.6. The van der Waals surface area contributed by atoms with Crippen LogP contribution >= 0.6 is 15.9 Å². The molecule has 0 saturated carbocycles. The molecule has 7 nitrogen and oxygen atoms in total. The Morgan fingerprint density at radius 1 is 0.889 bits per heavy atom. The van der Waals surface area contributed by atoms with Gasteiger partial charge in [-0.05, 0) is 54.8 Å². The van der Waals surface area contributed by atoms with E-state index in [9.17, 15) is 18.0 Å². The summed E-state index contributed by atoms with van der Waals surface area (Å²) in [5.41, 5.74) is 2.14. The first-order valence-corrected chi connectivity index (χ1v) is 16.9. The van der Waals surface area contributed by atoms with E-state index in [0.717, 1.165) is 15.4 Å². The Kier molecular flexibility index (Phi) is 11.5. The summed E-state index contributed by atoms with van der Waals surface area (Å²) in [6.45, 7) is 5.28. The average molecular weight is 695 g/mol. The molecule has 0 bridgehead atoms. The molecule has 1 atom stereocenters. The molecule has 1 N–H and O–H groups in total. The summed E-state index contributed by atoms with van der Waals surface area (Å²) in [7, 11) is -4.23. The van der Waals surface area contributed by atoms with Crippen molar-refractivity contribution in [3.05, 3.63) is 130 Å². The number of carbonyl (C=O) groups is 2. The van der Waals surface area contributed by atoms with Crippen LogP contribution in [0.15, 0.2) is 112 Å². The lowest BCUT2D eigenvalue weighted by atomic mass is 10.0. The van der Waals surface area contributed by atoms with Gasteiger partial charge in [0.1, 0.15) is 18.4 Å². The molecule has 0 fully saturated rings. The smallest absolute Gasteiger partial charge is 0.264 e. The normalized spacial score (nSPS) is 12.0. The van der Waals surface area contributed by atoms with Crippen LogP contribution in [0.4, 0.5) is 10.1 Å². The highest BCUT2D eigenvalue weighted by Crippen LogP contribution is 2.27. The lowest BCUT2D eigenvalue weighted by Crippen LogP contribution is -2.53. The minimum Gasteiger partial charge on any atom is -0.354 e. The molecule has 4 rings (SSSR count). The monoisotopic (exact) mass is 693 g/mol. The maximum atomic E-state index is 15.0. The fourth-order valence-corrected chi connectivity index (χ4v) is 6.58. The number of halogens is 2. The molecule has 0 radical (unpaired) electrons. The van der Waals surface area contributed by atoms with Crippen molar-refractivity contribution in [3.63, 3.8) is 0 Å². The summed E-state index contributed by atoms with van der Waals surface area (Å²) in [6.07, 6.45) is 0.145. The minimum atomic E-state index is -4.23. The molecule has 0 unspecified atom stereocenters. The van der Waals surface area contributed by atoms with E-state index in [1.165, 1.54) is 23.1 Å². The number of anilines is 1. The van der Waals surface area contributed by atoms with Crippen LogP contribution in [-0.2, 0) is 32.6 Å². The van der Waals surface area contributed by atoms with Crippen LogP contribution in [0.2, 0.25) is 0 Å². The maximum absolute atomic E-state index is 15.0. The van der Waals surface area contributed by atoms with Gasteiger partial charge in [-0.2, -0.15) is 0 Å². The van der Waals surface area contributed by atoms with Crippen LogP contribution in [-0.4, -0.2) is 44.3 Å². The lowest BCUT2D eigenvalue weighted by molar-refractivity contribution is -0.140. The molecular weight excluding hydrogens is 657 g/mol. The van der Waals surface area contributed by atoms with E-state index in [-0.39, 0.29) is 35.0 Å². The highest BCUT2D eigenvalue weighted by molar-refractivity contribution is 9.10. The van der Waals surface area contributed by atoms with Crippen LogP contribution < -0.4 is 9.62 Å². The second-order valence-electron chi connectivity index (χ2n) is 11.3. The molecule has 0 spiro atoms. The summed E-state index contributed by atoms with van der Waals surface area (Å²) >= 11 is 3.41. The van der Waals surface area contributed by atoms with Gasteiger partial charge in [-0.1, -0.05) is 102 Å². The number of sulfonamides is 1. The number of nitrogens with one attached hydrogen (secondary N) is 1. The molecule has 0 aromatic heterocycles. The van der Waals surface area contributed by atoms with E-state index < -0.39 is 40.2 Å². The molecule has 2 amide bonds. The van der Waals surface area contributed by atoms with E-state index >= 15 is 4.39 Å². The number of nitrogens with zero attached hydrogens (tertiary/aromatic N) is 2. The zero-order valence-electron chi connectivity index (χ0n) is 25.5. The van der Waals surface area contributed by atoms with Gasteiger partial charge in [-0.25, -0.2) is 12.8 Å². The summed E-state index contributed by atoms with van der Waals surface area (Å²) in [5, 5.41) is 2.93. The third-order valence-corrected chi connectivity index (χ3v) is 9.52. The summed E-state index contributed by atoms with van der Waals surface area (Å²) in [6, 6.07) is 27.2. The Bertz CT molecular complexity index is 1720. The first-order valence-electron chi connectivity index (χ1n) is 14.6. The summed E-state index contributed by atoms with van der Waals surface area (Å²) < 4.78 is 44.9. The standard InChI is InChI=1S/C35H37BrFN3O4S/c1-25(2)22-38-35(42)33(20-27-10-5-4-6-11-27)39(23-28-12-7-8-15-32(28)37)34(41)24-40(30-14-9-13-29(36)21-30)45(43,44)31-18-16-26(3)17-19-31/h4-19,21,25,33H,20,22-24H2,1-3H3,(H,38,42)/t33-/m0/s1. The largest absolute Gasteiger partial charge is 0.354 e. The van der Waals surface area contributed by atoms with Crippen molar-refractivity contribution in [2.24, 2.45) is 5.92 Å². The zero-order valence-corrected chi connectivity index (χ0v) is 27.9. The molecule has 4 aromatic rings. The van der Waals surface area contributed by atoms with Gasteiger partial charge in [-0.15, -0.1) is 0 Å². The fraction of sp³-hybridized carbons (Fsp3) is 0.257. The van der Waals surface area contributed by atoms with Gasteiger partial charge in [0, 0.05) is 29.5 Å². The van der Waals surface area contributed by atoms with Gasteiger partial charge in [-0.3, -0.25) is 13.9 Å². The number of aryl methyl sites for hydroxylation is 1. The molecule has 4 aromatic carbocycles. The van der Waals surface area contributed by atoms with E-state index in [4.69, 9.17) is 0 Å². The molecule has 0 aliphatic carbocycles. The first-order chi connectivity index (χ1) is 21.5. The molecule has 10 heteroatoms. The predicted octanol–water partition coefficient (Wildman–Crippen LogP) is 6.50.